The monoisotopic (exact) mass is 462 g/mol. The second kappa shape index (κ2) is 11.9. The molecule has 0 aliphatic carbocycles. The SMILES string of the molecule is COC(=O)[C@H](CC(C)C)NC(=O)OC(c1ccccc1)C1CCN(C(=O)OC(C)(C)C)CC1. The summed E-state index contributed by atoms with van der Waals surface area (Å²) in [7, 11) is 1.30. The third kappa shape index (κ3) is 8.59. The molecule has 0 saturated carbocycles. The van der Waals surface area contributed by atoms with Gasteiger partial charge in [0.15, 0.2) is 0 Å². The van der Waals surface area contributed by atoms with Gasteiger partial charge in [-0.15, -0.1) is 0 Å². The van der Waals surface area contributed by atoms with Crippen LogP contribution in [0.3, 0.4) is 0 Å². The smallest absolute Gasteiger partial charge is 0.410 e. The van der Waals surface area contributed by atoms with E-state index in [1.54, 1.807) is 4.90 Å². The Hall–Kier alpha value is -2.77. The number of likely N-dealkylation sites (tertiary alicyclic amines) is 1. The molecule has 2 amide bonds. The van der Waals surface area contributed by atoms with Crippen LogP contribution in [0, 0.1) is 11.8 Å². The number of ether oxygens (including phenoxy) is 3. The first-order chi connectivity index (χ1) is 15.5. The molecule has 1 unspecified atom stereocenters. The van der Waals surface area contributed by atoms with E-state index in [0.29, 0.717) is 32.4 Å². The molecule has 1 aliphatic heterocycles. The Bertz CT molecular complexity index is 782. The fourth-order valence-corrected chi connectivity index (χ4v) is 3.91. The Kier molecular flexibility index (Phi) is 9.56. The van der Waals surface area contributed by atoms with Gasteiger partial charge in [-0.2, -0.15) is 0 Å². The lowest BCUT2D eigenvalue weighted by molar-refractivity contribution is -0.143. The largest absolute Gasteiger partial charge is 0.467 e. The van der Waals surface area contributed by atoms with Gasteiger partial charge in [-0.1, -0.05) is 44.2 Å². The maximum atomic E-state index is 12.8. The van der Waals surface area contributed by atoms with E-state index in [2.05, 4.69) is 5.32 Å². The topological polar surface area (TPSA) is 94.2 Å². The van der Waals surface area contributed by atoms with Crippen molar-refractivity contribution in [3.63, 3.8) is 0 Å². The minimum absolute atomic E-state index is 0.0264. The van der Waals surface area contributed by atoms with Crippen LogP contribution in [0.1, 0.15) is 65.5 Å². The van der Waals surface area contributed by atoms with Crippen LogP contribution >= 0.6 is 0 Å². The Morgan fingerprint density at radius 1 is 1.09 bits per heavy atom. The predicted octanol–water partition coefficient (Wildman–Crippen LogP) is 4.69. The number of carbonyl (C=O) groups excluding carboxylic acids is 3. The Balaban J connectivity index is 2.08. The Labute approximate surface area is 196 Å². The van der Waals surface area contributed by atoms with Gasteiger partial charge in [0.25, 0.3) is 0 Å². The third-order valence-electron chi connectivity index (χ3n) is 5.47. The first-order valence-electron chi connectivity index (χ1n) is 11.6. The van der Waals surface area contributed by atoms with Gasteiger partial charge in [-0.3, -0.25) is 0 Å². The van der Waals surface area contributed by atoms with Crippen LogP contribution in [0.25, 0.3) is 0 Å². The molecular formula is C25H38N2O6. The minimum Gasteiger partial charge on any atom is -0.467 e. The number of esters is 1. The van der Waals surface area contributed by atoms with Gasteiger partial charge in [-0.25, -0.2) is 14.4 Å². The summed E-state index contributed by atoms with van der Waals surface area (Å²) in [5, 5.41) is 2.67. The molecule has 2 rings (SSSR count). The summed E-state index contributed by atoms with van der Waals surface area (Å²) in [6.45, 7) is 10.5. The van der Waals surface area contributed by atoms with Gasteiger partial charge in [0, 0.05) is 19.0 Å². The molecule has 8 heteroatoms. The van der Waals surface area contributed by atoms with E-state index >= 15 is 0 Å². The summed E-state index contributed by atoms with van der Waals surface area (Å²) >= 11 is 0. The van der Waals surface area contributed by atoms with Crippen molar-refractivity contribution in [1.82, 2.24) is 10.2 Å². The van der Waals surface area contributed by atoms with Crippen LogP contribution in [0.5, 0.6) is 0 Å². The number of hydrogen-bond acceptors (Lipinski definition) is 6. The van der Waals surface area contributed by atoms with Crippen LogP contribution in [0.4, 0.5) is 9.59 Å². The quantitative estimate of drug-likeness (QED) is 0.467. The van der Waals surface area contributed by atoms with Gasteiger partial charge in [-0.05, 0) is 51.5 Å². The van der Waals surface area contributed by atoms with Gasteiger partial charge >= 0.3 is 18.2 Å². The van der Waals surface area contributed by atoms with E-state index in [0.717, 1.165) is 5.56 Å². The number of amides is 2. The highest BCUT2D eigenvalue weighted by atomic mass is 16.6. The van der Waals surface area contributed by atoms with Gasteiger partial charge < -0.3 is 24.4 Å². The van der Waals surface area contributed by atoms with E-state index in [1.807, 2.05) is 65.0 Å². The molecule has 1 aliphatic rings. The molecule has 33 heavy (non-hydrogen) atoms. The molecule has 1 aromatic rings. The highest BCUT2D eigenvalue weighted by Crippen LogP contribution is 2.34. The molecule has 1 N–H and O–H groups in total. The number of nitrogens with zero attached hydrogens (tertiary/aromatic N) is 1. The number of nitrogens with one attached hydrogen (secondary N) is 1. The van der Waals surface area contributed by atoms with E-state index in [-0.39, 0.29) is 17.9 Å². The van der Waals surface area contributed by atoms with Crippen molar-refractivity contribution < 1.29 is 28.6 Å². The first kappa shape index (κ1) is 26.5. The number of carbonyl (C=O) groups is 3. The number of piperidine rings is 1. The molecule has 0 aromatic heterocycles. The summed E-state index contributed by atoms with van der Waals surface area (Å²) in [5.41, 5.74) is 0.329. The first-order valence-corrected chi connectivity index (χ1v) is 11.6. The van der Waals surface area contributed by atoms with Crippen molar-refractivity contribution in [1.29, 1.82) is 0 Å². The highest BCUT2D eigenvalue weighted by Gasteiger charge is 2.34. The predicted molar refractivity (Wildman–Crippen MR) is 125 cm³/mol. The molecule has 2 atom stereocenters. The molecular weight excluding hydrogens is 424 g/mol. The second-order valence-corrected chi connectivity index (χ2v) is 9.89. The van der Waals surface area contributed by atoms with Crippen molar-refractivity contribution in [2.24, 2.45) is 11.8 Å². The second-order valence-electron chi connectivity index (χ2n) is 9.89. The zero-order valence-corrected chi connectivity index (χ0v) is 20.6. The van der Waals surface area contributed by atoms with Crippen LogP contribution < -0.4 is 5.32 Å². The number of benzene rings is 1. The van der Waals surface area contributed by atoms with E-state index < -0.39 is 29.8 Å². The Morgan fingerprint density at radius 2 is 1.70 bits per heavy atom. The maximum Gasteiger partial charge on any atom is 0.410 e. The zero-order valence-electron chi connectivity index (χ0n) is 20.6. The summed E-state index contributed by atoms with van der Waals surface area (Å²) < 4.78 is 16.2. The molecule has 0 spiro atoms. The lowest BCUT2D eigenvalue weighted by atomic mass is 9.87. The Morgan fingerprint density at radius 3 is 2.21 bits per heavy atom. The molecule has 8 nitrogen and oxygen atoms in total. The molecule has 184 valence electrons. The number of hydrogen-bond donors (Lipinski definition) is 1. The average Bonchev–Trinajstić information content (AvgIpc) is 2.75. The molecule has 1 saturated heterocycles. The standard InChI is InChI=1S/C25H38N2O6/c1-17(2)16-20(22(28)31-6)26-23(29)32-21(18-10-8-7-9-11-18)19-12-14-27(15-13-19)24(30)33-25(3,4)5/h7-11,17,19-21H,12-16H2,1-6H3,(H,26,29)/t20-,21?/m0/s1. The fourth-order valence-electron chi connectivity index (χ4n) is 3.91. The van der Waals surface area contributed by atoms with E-state index in [9.17, 15) is 14.4 Å². The lowest BCUT2D eigenvalue weighted by Crippen LogP contribution is -2.45. The minimum atomic E-state index is -0.770. The van der Waals surface area contributed by atoms with Crippen molar-refractivity contribution in [3.05, 3.63) is 35.9 Å². The highest BCUT2D eigenvalue weighted by molar-refractivity contribution is 5.81. The summed E-state index contributed by atoms with van der Waals surface area (Å²) in [6.07, 6.45) is 0.299. The zero-order chi connectivity index (χ0) is 24.6. The van der Waals surface area contributed by atoms with Crippen molar-refractivity contribution in [2.75, 3.05) is 20.2 Å². The molecule has 0 bridgehead atoms. The van der Waals surface area contributed by atoms with E-state index in [4.69, 9.17) is 14.2 Å². The normalized spacial score (nSPS) is 16.6. The van der Waals surface area contributed by atoms with Crippen molar-refractivity contribution >= 4 is 18.2 Å². The van der Waals surface area contributed by atoms with Crippen LogP contribution in [0.2, 0.25) is 0 Å². The van der Waals surface area contributed by atoms with Crippen molar-refractivity contribution in [2.45, 2.75) is 71.6 Å². The third-order valence-corrected chi connectivity index (χ3v) is 5.47. The van der Waals surface area contributed by atoms with Crippen LogP contribution in [0.15, 0.2) is 30.3 Å². The van der Waals surface area contributed by atoms with Gasteiger partial charge in [0.1, 0.15) is 17.7 Å². The van der Waals surface area contributed by atoms with Crippen molar-refractivity contribution in [3.8, 4) is 0 Å². The molecule has 1 heterocycles. The molecule has 1 fully saturated rings. The van der Waals surface area contributed by atoms with Crippen LogP contribution in [-0.4, -0.2) is 54.9 Å². The maximum absolute atomic E-state index is 12.8. The number of rotatable bonds is 7. The number of alkyl carbamates (subject to hydrolysis) is 1. The average molecular weight is 463 g/mol. The van der Waals surface area contributed by atoms with Crippen LogP contribution in [-0.2, 0) is 19.0 Å². The molecule has 0 radical (unpaired) electrons. The number of methoxy groups -OCH3 is 1. The van der Waals surface area contributed by atoms with E-state index in [1.165, 1.54) is 7.11 Å². The molecule has 1 aromatic carbocycles. The van der Waals surface area contributed by atoms with Gasteiger partial charge in [0.2, 0.25) is 0 Å². The fraction of sp³-hybridized carbons (Fsp3) is 0.640. The summed E-state index contributed by atoms with van der Waals surface area (Å²) in [5.74, 6) is -0.280. The summed E-state index contributed by atoms with van der Waals surface area (Å²) in [6, 6.07) is 8.77. The van der Waals surface area contributed by atoms with Gasteiger partial charge in [0.05, 0.1) is 7.11 Å². The lowest BCUT2D eigenvalue weighted by Gasteiger charge is -2.36. The summed E-state index contributed by atoms with van der Waals surface area (Å²) in [4.78, 5) is 39.0.